The molecule has 0 aliphatic carbocycles. The normalized spacial score (nSPS) is 13.8. The Morgan fingerprint density at radius 3 is 2.38 bits per heavy atom. The molecule has 0 aliphatic heterocycles. The van der Waals surface area contributed by atoms with Crippen LogP contribution >= 0.6 is 15.9 Å². The van der Waals surface area contributed by atoms with Crippen LogP contribution in [0.25, 0.3) is 0 Å². The van der Waals surface area contributed by atoms with Gasteiger partial charge in [0.05, 0.1) is 0 Å². The van der Waals surface area contributed by atoms with Crippen LogP contribution in [0.5, 0.6) is 0 Å². The molecule has 0 saturated heterocycles. The third-order valence-corrected chi connectivity index (χ3v) is 3.40. The lowest BCUT2D eigenvalue weighted by molar-refractivity contribution is 0.272. The average Bonchev–Trinajstić information content (AvgIpc) is 2.19. The number of nitrogens with one attached hydrogen (secondary N) is 1. The highest BCUT2D eigenvalue weighted by Crippen LogP contribution is 2.36. The van der Waals surface area contributed by atoms with Gasteiger partial charge < -0.3 is 5.32 Å². The predicted octanol–water partition coefficient (Wildman–Crippen LogP) is 4.54. The third kappa shape index (κ3) is 3.60. The van der Waals surface area contributed by atoms with Crippen LogP contribution in [0.2, 0.25) is 0 Å². The topological polar surface area (TPSA) is 12.0 Å². The van der Waals surface area contributed by atoms with Crippen molar-refractivity contribution in [3.05, 3.63) is 34.3 Å². The summed E-state index contributed by atoms with van der Waals surface area (Å²) in [7, 11) is 0. The Morgan fingerprint density at radius 2 is 1.88 bits per heavy atom. The second kappa shape index (κ2) is 5.83. The minimum absolute atomic E-state index is 0.221. The minimum atomic E-state index is 0.221. The lowest BCUT2D eigenvalue weighted by Crippen LogP contribution is -2.33. The molecule has 1 N–H and O–H groups in total. The average molecular weight is 284 g/mol. The quantitative estimate of drug-likeness (QED) is 0.856. The summed E-state index contributed by atoms with van der Waals surface area (Å²) in [4.78, 5) is 0. The molecule has 1 unspecified atom stereocenters. The van der Waals surface area contributed by atoms with Gasteiger partial charge in [-0.05, 0) is 30.0 Å². The standard InChI is InChI=1S/C14H22BrN/c1-5-10-16-13(14(2,3)4)11-8-6-7-9-12(11)15/h6-9,13,16H,5,10H2,1-4H3. The van der Waals surface area contributed by atoms with Crippen molar-refractivity contribution >= 4 is 15.9 Å². The van der Waals surface area contributed by atoms with Gasteiger partial charge in [-0.15, -0.1) is 0 Å². The zero-order valence-corrected chi connectivity index (χ0v) is 12.3. The van der Waals surface area contributed by atoms with E-state index in [1.54, 1.807) is 0 Å². The Kier molecular flexibility index (Phi) is 5.00. The van der Waals surface area contributed by atoms with Crippen LogP contribution in [0.1, 0.15) is 45.7 Å². The molecule has 0 radical (unpaired) electrons. The molecular weight excluding hydrogens is 262 g/mol. The number of halogens is 1. The Hall–Kier alpha value is -0.340. The maximum absolute atomic E-state index is 3.64. The molecule has 1 aromatic carbocycles. The van der Waals surface area contributed by atoms with Gasteiger partial charge in [0.1, 0.15) is 0 Å². The number of rotatable bonds is 4. The first-order chi connectivity index (χ1) is 7.46. The summed E-state index contributed by atoms with van der Waals surface area (Å²) in [5, 5.41) is 3.64. The molecule has 1 atom stereocenters. The molecule has 0 spiro atoms. The second-order valence-electron chi connectivity index (χ2n) is 5.27. The Labute approximate surface area is 108 Å². The molecule has 2 heteroatoms. The number of benzene rings is 1. The molecule has 0 amide bonds. The fraction of sp³-hybridized carbons (Fsp3) is 0.571. The highest BCUT2D eigenvalue weighted by molar-refractivity contribution is 9.10. The predicted molar refractivity (Wildman–Crippen MR) is 74.6 cm³/mol. The summed E-state index contributed by atoms with van der Waals surface area (Å²) < 4.78 is 1.19. The van der Waals surface area contributed by atoms with Gasteiger partial charge >= 0.3 is 0 Å². The van der Waals surface area contributed by atoms with E-state index in [-0.39, 0.29) is 5.41 Å². The smallest absolute Gasteiger partial charge is 0.0380 e. The molecule has 0 bridgehead atoms. The summed E-state index contributed by atoms with van der Waals surface area (Å²) in [5.74, 6) is 0. The van der Waals surface area contributed by atoms with Gasteiger partial charge in [0.25, 0.3) is 0 Å². The summed E-state index contributed by atoms with van der Waals surface area (Å²) in [6.07, 6.45) is 1.16. The molecule has 1 aromatic rings. The second-order valence-corrected chi connectivity index (χ2v) is 6.13. The van der Waals surface area contributed by atoms with Crippen molar-refractivity contribution in [3.63, 3.8) is 0 Å². The van der Waals surface area contributed by atoms with E-state index in [0.717, 1.165) is 13.0 Å². The van der Waals surface area contributed by atoms with Crippen molar-refractivity contribution in [3.8, 4) is 0 Å². The summed E-state index contributed by atoms with van der Waals surface area (Å²) in [6, 6.07) is 8.87. The largest absolute Gasteiger partial charge is 0.309 e. The molecule has 1 nitrogen and oxygen atoms in total. The highest BCUT2D eigenvalue weighted by Gasteiger charge is 2.26. The van der Waals surface area contributed by atoms with E-state index in [4.69, 9.17) is 0 Å². The van der Waals surface area contributed by atoms with Gasteiger partial charge in [0.2, 0.25) is 0 Å². The first kappa shape index (κ1) is 13.7. The Bertz CT molecular complexity index is 328. The van der Waals surface area contributed by atoms with E-state index < -0.39 is 0 Å². The summed E-state index contributed by atoms with van der Waals surface area (Å²) in [6.45, 7) is 10.1. The number of hydrogen-bond acceptors (Lipinski definition) is 1. The van der Waals surface area contributed by atoms with Crippen LogP contribution in [0, 0.1) is 5.41 Å². The van der Waals surface area contributed by atoms with Gasteiger partial charge in [-0.25, -0.2) is 0 Å². The van der Waals surface area contributed by atoms with E-state index >= 15 is 0 Å². The Balaban J connectivity index is 2.97. The molecule has 16 heavy (non-hydrogen) atoms. The maximum Gasteiger partial charge on any atom is 0.0380 e. The van der Waals surface area contributed by atoms with Gasteiger partial charge in [0.15, 0.2) is 0 Å². The van der Waals surface area contributed by atoms with Crippen LogP contribution in [-0.4, -0.2) is 6.54 Å². The third-order valence-electron chi connectivity index (χ3n) is 2.68. The molecule has 0 fully saturated rings. The van der Waals surface area contributed by atoms with E-state index in [2.05, 4.69) is 73.2 Å². The van der Waals surface area contributed by atoms with E-state index in [9.17, 15) is 0 Å². The van der Waals surface area contributed by atoms with Crippen LogP contribution in [0.15, 0.2) is 28.7 Å². The molecule has 0 saturated carbocycles. The molecule has 0 aromatic heterocycles. The summed E-state index contributed by atoms with van der Waals surface area (Å²) in [5.41, 5.74) is 1.57. The van der Waals surface area contributed by atoms with Crippen LogP contribution < -0.4 is 5.32 Å². The zero-order valence-electron chi connectivity index (χ0n) is 10.7. The van der Waals surface area contributed by atoms with Crippen LogP contribution in [-0.2, 0) is 0 Å². The first-order valence-electron chi connectivity index (χ1n) is 5.94. The lowest BCUT2D eigenvalue weighted by atomic mass is 9.82. The summed E-state index contributed by atoms with van der Waals surface area (Å²) >= 11 is 3.64. The van der Waals surface area contributed by atoms with Gasteiger partial charge in [-0.1, -0.05) is 61.8 Å². The fourth-order valence-corrected chi connectivity index (χ4v) is 2.39. The van der Waals surface area contributed by atoms with Crippen molar-refractivity contribution in [2.75, 3.05) is 6.54 Å². The van der Waals surface area contributed by atoms with E-state index in [1.165, 1.54) is 10.0 Å². The van der Waals surface area contributed by atoms with Crippen molar-refractivity contribution < 1.29 is 0 Å². The molecular formula is C14H22BrN. The fourth-order valence-electron chi connectivity index (χ4n) is 1.88. The van der Waals surface area contributed by atoms with Crippen molar-refractivity contribution in [1.82, 2.24) is 5.32 Å². The molecule has 0 aliphatic rings. The highest BCUT2D eigenvalue weighted by atomic mass is 79.9. The van der Waals surface area contributed by atoms with E-state index in [0.29, 0.717) is 6.04 Å². The van der Waals surface area contributed by atoms with Crippen molar-refractivity contribution in [1.29, 1.82) is 0 Å². The van der Waals surface area contributed by atoms with Crippen molar-refractivity contribution in [2.45, 2.75) is 40.2 Å². The van der Waals surface area contributed by atoms with Gasteiger partial charge in [-0.2, -0.15) is 0 Å². The number of hydrogen-bond donors (Lipinski definition) is 1. The zero-order chi connectivity index (χ0) is 12.2. The maximum atomic E-state index is 3.64. The molecule has 1 rings (SSSR count). The lowest BCUT2D eigenvalue weighted by Gasteiger charge is -2.32. The Morgan fingerprint density at radius 1 is 1.25 bits per heavy atom. The molecule has 90 valence electrons. The SMILES string of the molecule is CCCNC(c1ccccc1Br)C(C)(C)C. The van der Waals surface area contributed by atoms with Gasteiger partial charge in [-0.3, -0.25) is 0 Å². The van der Waals surface area contributed by atoms with Crippen LogP contribution in [0.4, 0.5) is 0 Å². The minimum Gasteiger partial charge on any atom is -0.309 e. The monoisotopic (exact) mass is 283 g/mol. The first-order valence-corrected chi connectivity index (χ1v) is 6.74. The van der Waals surface area contributed by atoms with E-state index in [1.807, 2.05) is 0 Å². The molecule has 0 heterocycles. The van der Waals surface area contributed by atoms with Crippen LogP contribution in [0.3, 0.4) is 0 Å². The van der Waals surface area contributed by atoms with Gasteiger partial charge in [0, 0.05) is 10.5 Å². The van der Waals surface area contributed by atoms with Crippen molar-refractivity contribution in [2.24, 2.45) is 5.41 Å².